The smallest absolute Gasteiger partial charge is 0.151 e. The van der Waals surface area contributed by atoms with E-state index in [9.17, 15) is 17.7 Å². The summed E-state index contributed by atoms with van der Waals surface area (Å²) >= 11 is 6.52. The van der Waals surface area contributed by atoms with Gasteiger partial charge in [0, 0.05) is 29.5 Å². The Hall–Kier alpha value is -2.96. The fourth-order valence-electron chi connectivity index (χ4n) is 3.59. The number of nitrogens with one attached hydrogen (secondary N) is 1. The third kappa shape index (κ3) is 4.65. The lowest BCUT2D eigenvalue weighted by atomic mass is 10.1. The summed E-state index contributed by atoms with van der Waals surface area (Å²) in [6.07, 6.45) is 1.42. The van der Waals surface area contributed by atoms with Gasteiger partial charge in [0.1, 0.15) is 30.0 Å². The van der Waals surface area contributed by atoms with Gasteiger partial charge in [-0.2, -0.15) is 0 Å². The second kappa shape index (κ2) is 9.01. The molecule has 0 aliphatic heterocycles. The minimum absolute atomic E-state index is 0.0129. The lowest BCUT2D eigenvalue weighted by Crippen LogP contribution is -2.11. The molecule has 4 rings (SSSR count). The van der Waals surface area contributed by atoms with Crippen molar-refractivity contribution < 1.29 is 17.7 Å². The van der Waals surface area contributed by atoms with Crippen LogP contribution >= 0.6 is 18.7 Å². The van der Waals surface area contributed by atoms with Crippen molar-refractivity contribution in [2.75, 3.05) is 18.6 Å². The molecule has 1 N–H and O–H groups in total. The van der Waals surface area contributed by atoms with Crippen LogP contribution < -0.4 is 10.8 Å². The van der Waals surface area contributed by atoms with Gasteiger partial charge in [-0.3, -0.25) is 4.98 Å². The number of nitrogens with zero attached hydrogens (tertiary/aromatic N) is 3. The molecule has 34 heavy (non-hydrogen) atoms. The van der Waals surface area contributed by atoms with E-state index in [-0.39, 0.29) is 27.3 Å². The SMILES string of the molecule is Cc1nc2cc(F)c(-c3ccc(P(C)(C)=O)nc3)nc2c(NC(C)c2ccc(F)cc2F)c1Cl. The van der Waals surface area contributed by atoms with Gasteiger partial charge < -0.3 is 9.88 Å². The van der Waals surface area contributed by atoms with E-state index in [4.69, 9.17) is 11.6 Å². The van der Waals surface area contributed by atoms with Crippen molar-refractivity contribution in [2.24, 2.45) is 0 Å². The number of fused-ring (bicyclic) bond motifs is 1. The Morgan fingerprint density at radius 2 is 1.76 bits per heavy atom. The Balaban J connectivity index is 1.83. The molecule has 1 unspecified atom stereocenters. The Bertz CT molecular complexity index is 1460. The molecule has 0 saturated carbocycles. The number of aryl methyl sites for hydroxylation is 1. The summed E-state index contributed by atoms with van der Waals surface area (Å²) in [5.74, 6) is -2.00. The van der Waals surface area contributed by atoms with Crippen LogP contribution in [0, 0.1) is 24.4 Å². The quantitative estimate of drug-likeness (QED) is 0.315. The summed E-state index contributed by atoms with van der Waals surface area (Å²) < 4.78 is 54.9. The third-order valence-corrected chi connectivity index (χ3v) is 7.21. The van der Waals surface area contributed by atoms with E-state index in [1.807, 2.05) is 0 Å². The molecule has 0 radical (unpaired) electrons. The van der Waals surface area contributed by atoms with E-state index in [1.165, 1.54) is 24.4 Å². The molecule has 1 atom stereocenters. The molecule has 0 fully saturated rings. The van der Waals surface area contributed by atoms with Crippen molar-refractivity contribution in [3.05, 3.63) is 76.3 Å². The molecule has 4 aromatic rings. The summed E-state index contributed by atoms with van der Waals surface area (Å²) in [5, 5.41) is 3.37. The van der Waals surface area contributed by atoms with Crippen LogP contribution in [0.5, 0.6) is 0 Å². The van der Waals surface area contributed by atoms with Crippen molar-refractivity contribution >= 4 is 40.9 Å². The average molecular weight is 505 g/mol. The summed E-state index contributed by atoms with van der Waals surface area (Å²) in [4.78, 5) is 13.0. The number of hydrogen-bond donors (Lipinski definition) is 1. The van der Waals surface area contributed by atoms with E-state index in [0.29, 0.717) is 22.4 Å². The van der Waals surface area contributed by atoms with Crippen LogP contribution in [0.15, 0.2) is 42.6 Å². The molecule has 5 nitrogen and oxygen atoms in total. The third-order valence-electron chi connectivity index (χ3n) is 5.38. The molecule has 0 saturated heterocycles. The normalized spacial score (nSPS) is 12.7. The molecule has 0 aliphatic carbocycles. The first kappa shape index (κ1) is 24.2. The minimum Gasteiger partial charge on any atom is -0.375 e. The minimum atomic E-state index is -2.57. The average Bonchev–Trinajstić information content (AvgIpc) is 2.76. The highest BCUT2D eigenvalue weighted by Gasteiger charge is 2.21. The molecule has 3 heterocycles. The Kier molecular flexibility index (Phi) is 6.40. The number of aromatic nitrogens is 3. The van der Waals surface area contributed by atoms with E-state index in [0.717, 1.165) is 6.07 Å². The maximum Gasteiger partial charge on any atom is 0.151 e. The summed E-state index contributed by atoms with van der Waals surface area (Å²) in [5.41, 5.74) is 2.37. The van der Waals surface area contributed by atoms with Gasteiger partial charge in [0.15, 0.2) is 5.82 Å². The van der Waals surface area contributed by atoms with Gasteiger partial charge in [-0.15, -0.1) is 0 Å². The molecule has 0 amide bonds. The highest BCUT2D eigenvalue weighted by atomic mass is 35.5. The second-order valence-electron chi connectivity index (χ2n) is 8.36. The first-order chi connectivity index (χ1) is 16.0. The van der Waals surface area contributed by atoms with Gasteiger partial charge >= 0.3 is 0 Å². The molecular formula is C24H21ClF3N4OP. The number of benzene rings is 1. The number of rotatable bonds is 5. The zero-order valence-electron chi connectivity index (χ0n) is 18.8. The van der Waals surface area contributed by atoms with Gasteiger partial charge in [-0.25, -0.2) is 23.1 Å². The van der Waals surface area contributed by atoms with E-state index in [2.05, 4.69) is 20.3 Å². The Morgan fingerprint density at radius 1 is 1.03 bits per heavy atom. The number of anilines is 1. The monoisotopic (exact) mass is 504 g/mol. The summed E-state index contributed by atoms with van der Waals surface area (Å²) in [6, 6.07) is 7.14. The second-order valence-corrected chi connectivity index (χ2v) is 11.9. The first-order valence-electron chi connectivity index (χ1n) is 10.4. The fraction of sp³-hybridized carbons (Fsp3) is 0.208. The maximum atomic E-state index is 15.0. The van der Waals surface area contributed by atoms with Crippen molar-refractivity contribution in [2.45, 2.75) is 19.9 Å². The van der Waals surface area contributed by atoms with Crippen molar-refractivity contribution in [3.8, 4) is 11.3 Å². The Morgan fingerprint density at radius 3 is 2.38 bits per heavy atom. The van der Waals surface area contributed by atoms with E-state index in [1.54, 1.807) is 39.3 Å². The predicted octanol–water partition coefficient (Wildman–Crippen LogP) is 6.49. The lowest BCUT2D eigenvalue weighted by Gasteiger charge is -2.20. The summed E-state index contributed by atoms with van der Waals surface area (Å²) in [7, 11) is -2.57. The van der Waals surface area contributed by atoms with Crippen molar-refractivity contribution in [1.29, 1.82) is 0 Å². The zero-order valence-corrected chi connectivity index (χ0v) is 20.5. The van der Waals surface area contributed by atoms with E-state index < -0.39 is 30.6 Å². The first-order valence-corrected chi connectivity index (χ1v) is 13.3. The predicted molar refractivity (Wildman–Crippen MR) is 130 cm³/mol. The van der Waals surface area contributed by atoms with Crippen molar-refractivity contribution in [1.82, 2.24) is 15.0 Å². The highest BCUT2D eigenvalue weighted by molar-refractivity contribution is 7.69. The van der Waals surface area contributed by atoms with Gasteiger partial charge in [0.25, 0.3) is 0 Å². The number of halogens is 4. The Labute approximate surface area is 199 Å². The van der Waals surface area contributed by atoms with Crippen LogP contribution in [-0.2, 0) is 4.57 Å². The maximum absolute atomic E-state index is 15.0. The topological polar surface area (TPSA) is 67.8 Å². The molecular weight excluding hydrogens is 484 g/mol. The molecule has 1 aromatic carbocycles. The standard InChI is InChI=1S/C24H21ClF3N4OP/c1-12(16-7-6-15(26)9-17(16)27)31-24-21(25)13(2)30-19-10-18(28)22(32-23(19)24)14-5-8-20(29-11-14)34(3,4)33/h5-12H,1-4H3,(H,30,31). The number of pyridine rings is 3. The van der Waals surface area contributed by atoms with Gasteiger partial charge in [-0.1, -0.05) is 17.7 Å². The lowest BCUT2D eigenvalue weighted by molar-refractivity contribution is 0.566. The van der Waals surface area contributed by atoms with Crippen LogP contribution in [0.2, 0.25) is 5.02 Å². The van der Waals surface area contributed by atoms with Crippen molar-refractivity contribution in [3.63, 3.8) is 0 Å². The van der Waals surface area contributed by atoms with Gasteiger partial charge in [0.05, 0.1) is 33.4 Å². The van der Waals surface area contributed by atoms with Crippen LogP contribution in [-0.4, -0.2) is 28.3 Å². The molecule has 10 heteroatoms. The highest BCUT2D eigenvalue weighted by Crippen LogP contribution is 2.37. The molecule has 0 aliphatic rings. The van der Waals surface area contributed by atoms with Gasteiger partial charge in [-0.05, 0) is 45.4 Å². The van der Waals surface area contributed by atoms with Gasteiger partial charge in [0.2, 0.25) is 0 Å². The molecule has 3 aromatic heterocycles. The van der Waals surface area contributed by atoms with Crippen LogP contribution in [0.1, 0.15) is 24.2 Å². The van der Waals surface area contributed by atoms with Crippen LogP contribution in [0.25, 0.3) is 22.3 Å². The molecule has 176 valence electrons. The number of hydrogen-bond acceptors (Lipinski definition) is 5. The van der Waals surface area contributed by atoms with Crippen LogP contribution in [0.3, 0.4) is 0 Å². The zero-order chi connectivity index (χ0) is 24.8. The molecule has 0 bridgehead atoms. The largest absolute Gasteiger partial charge is 0.375 e. The van der Waals surface area contributed by atoms with E-state index >= 15 is 0 Å². The summed E-state index contributed by atoms with van der Waals surface area (Å²) in [6.45, 7) is 6.55. The fourth-order valence-corrected chi connectivity index (χ4v) is 4.54. The molecule has 0 spiro atoms. The van der Waals surface area contributed by atoms with Crippen LogP contribution in [0.4, 0.5) is 18.9 Å².